The van der Waals surface area contributed by atoms with Crippen molar-refractivity contribution in [2.24, 2.45) is 0 Å². The monoisotopic (exact) mass is 253 g/mol. The van der Waals surface area contributed by atoms with E-state index in [9.17, 15) is 9.90 Å². The standard InChI is InChI=1S/C13H16ClNO2/c1-13(2)6-3-7-15(13)12(17)10-8-9(16)4-5-11(10)14/h4-5,8,16H,3,6-7H2,1-2H3. The molecule has 0 bridgehead atoms. The van der Waals surface area contributed by atoms with Crippen LogP contribution in [-0.4, -0.2) is 28.0 Å². The molecule has 92 valence electrons. The third-order valence-electron chi connectivity index (χ3n) is 3.33. The predicted octanol–water partition coefficient (Wildman–Crippen LogP) is 3.06. The zero-order valence-electron chi connectivity index (χ0n) is 10.0. The van der Waals surface area contributed by atoms with Crippen LogP contribution in [0.4, 0.5) is 0 Å². The zero-order chi connectivity index (χ0) is 12.6. The van der Waals surface area contributed by atoms with Crippen molar-refractivity contribution >= 4 is 17.5 Å². The first-order valence-corrected chi connectivity index (χ1v) is 6.10. The Bertz CT molecular complexity index is 457. The lowest BCUT2D eigenvalue weighted by Crippen LogP contribution is -2.42. The molecule has 0 saturated carbocycles. The summed E-state index contributed by atoms with van der Waals surface area (Å²) in [4.78, 5) is 14.2. The number of hydrogen-bond donors (Lipinski definition) is 1. The van der Waals surface area contributed by atoms with Gasteiger partial charge >= 0.3 is 0 Å². The van der Waals surface area contributed by atoms with Gasteiger partial charge in [-0.05, 0) is 44.9 Å². The quantitative estimate of drug-likeness (QED) is 0.836. The van der Waals surface area contributed by atoms with Gasteiger partial charge in [-0.3, -0.25) is 4.79 Å². The molecule has 1 saturated heterocycles. The van der Waals surface area contributed by atoms with E-state index in [0.29, 0.717) is 10.6 Å². The Hall–Kier alpha value is -1.22. The molecule has 0 spiro atoms. The topological polar surface area (TPSA) is 40.5 Å². The highest BCUT2D eigenvalue weighted by Crippen LogP contribution is 2.32. The van der Waals surface area contributed by atoms with E-state index in [4.69, 9.17) is 11.6 Å². The van der Waals surface area contributed by atoms with Crippen LogP contribution in [0.3, 0.4) is 0 Å². The van der Waals surface area contributed by atoms with E-state index in [1.165, 1.54) is 12.1 Å². The van der Waals surface area contributed by atoms with Gasteiger partial charge in [-0.25, -0.2) is 0 Å². The minimum atomic E-state index is -0.133. The second-order valence-corrected chi connectivity index (χ2v) is 5.44. The first kappa shape index (κ1) is 12.2. The first-order chi connectivity index (χ1) is 7.92. The van der Waals surface area contributed by atoms with E-state index in [-0.39, 0.29) is 17.2 Å². The van der Waals surface area contributed by atoms with E-state index in [1.807, 2.05) is 4.90 Å². The highest BCUT2D eigenvalue weighted by atomic mass is 35.5. The summed E-state index contributed by atoms with van der Waals surface area (Å²) in [6, 6.07) is 4.46. The molecular formula is C13H16ClNO2. The Labute approximate surface area is 106 Å². The molecule has 3 nitrogen and oxygen atoms in total. The summed E-state index contributed by atoms with van der Waals surface area (Å²) in [5.74, 6) is -0.0387. The van der Waals surface area contributed by atoms with Crippen molar-refractivity contribution in [2.75, 3.05) is 6.54 Å². The SMILES string of the molecule is CC1(C)CCCN1C(=O)c1cc(O)ccc1Cl. The van der Waals surface area contributed by atoms with Gasteiger partial charge in [0.25, 0.3) is 5.91 Å². The van der Waals surface area contributed by atoms with Crippen molar-refractivity contribution in [3.05, 3.63) is 28.8 Å². The summed E-state index contributed by atoms with van der Waals surface area (Å²) in [7, 11) is 0. The van der Waals surface area contributed by atoms with Crippen molar-refractivity contribution < 1.29 is 9.90 Å². The van der Waals surface area contributed by atoms with Crippen molar-refractivity contribution in [3.8, 4) is 5.75 Å². The molecule has 1 aliphatic heterocycles. The molecule has 1 aromatic rings. The lowest BCUT2D eigenvalue weighted by Gasteiger charge is -2.31. The van der Waals surface area contributed by atoms with Crippen molar-refractivity contribution in [2.45, 2.75) is 32.2 Å². The zero-order valence-corrected chi connectivity index (χ0v) is 10.8. The number of rotatable bonds is 1. The molecule has 1 amide bonds. The number of likely N-dealkylation sites (tertiary alicyclic amines) is 1. The number of benzene rings is 1. The van der Waals surface area contributed by atoms with Crippen LogP contribution in [0, 0.1) is 0 Å². The Balaban J connectivity index is 2.34. The van der Waals surface area contributed by atoms with Crippen molar-refractivity contribution in [1.82, 2.24) is 4.90 Å². The highest BCUT2D eigenvalue weighted by molar-refractivity contribution is 6.33. The number of carbonyl (C=O) groups excluding carboxylic acids is 1. The van der Waals surface area contributed by atoms with Crippen LogP contribution in [0.5, 0.6) is 5.75 Å². The van der Waals surface area contributed by atoms with Crippen LogP contribution in [0.25, 0.3) is 0 Å². The van der Waals surface area contributed by atoms with E-state index in [2.05, 4.69) is 13.8 Å². The summed E-state index contributed by atoms with van der Waals surface area (Å²) in [5, 5.41) is 9.81. The fourth-order valence-corrected chi connectivity index (χ4v) is 2.50. The van der Waals surface area contributed by atoms with Gasteiger partial charge in [0, 0.05) is 12.1 Å². The van der Waals surface area contributed by atoms with E-state index in [0.717, 1.165) is 19.4 Å². The van der Waals surface area contributed by atoms with Gasteiger partial charge in [0.2, 0.25) is 0 Å². The lowest BCUT2D eigenvalue weighted by molar-refractivity contribution is 0.0652. The van der Waals surface area contributed by atoms with Gasteiger partial charge in [0.05, 0.1) is 10.6 Å². The maximum absolute atomic E-state index is 12.4. The molecular weight excluding hydrogens is 238 g/mol. The molecule has 2 rings (SSSR count). The molecule has 0 aromatic heterocycles. The number of halogens is 1. The second-order valence-electron chi connectivity index (χ2n) is 5.04. The Morgan fingerprint density at radius 3 is 2.76 bits per heavy atom. The minimum Gasteiger partial charge on any atom is -0.508 e. The summed E-state index contributed by atoms with van der Waals surface area (Å²) in [5.41, 5.74) is 0.243. The molecule has 1 N–H and O–H groups in total. The van der Waals surface area contributed by atoms with Crippen LogP contribution < -0.4 is 0 Å². The first-order valence-electron chi connectivity index (χ1n) is 5.72. The maximum atomic E-state index is 12.4. The number of phenols is 1. The van der Waals surface area contributed by atoms with Gasteiger partial charge in [-0.15, -0.1) is 0 Å². The predicted molar refractivity (Wildman–Crippen MR) is 67.5 cm³/mol. The number of aromatic hydroxyl groups is 1. The van der Waals surface area contributed by atoms with Gasteiger partial charge in [0.1, 0.15) is 5.75 Å². The summed E-state index contributed by atoms with van der Waals surface area (Å²) < 4.78 is 0. The summed E-state index contributed by atoms with van der Waals surface area (Å²) in [6.07, 6.45) is 2.00. The highest BCUT2D eigenvalue weighted by Gasteiger charge is 2.36. The van der Waals surface area contributed by atoms with Gasteiger partial charge in [-0.1, -0.05) is 11.6 Å². The summed E-state index contributed by atoms with van der Waals surface area (Å²) >= 11 is 6.00. The van der Waals surface area contributed by atoms with Crippen LogP contribution in [0.15, 0.2) is 18.2 Å². The molecule has 1 heterocycles. The third kappa shape index (κ3) is 2.25. The average molecular weight is 254 g/mol. The number of amides is 1. The average Bonchev–Trinajstić information content (AvgIpc) is 2.61. The van der Waals surface area contributed by atoms with Crippen molar-refractivity contribution in [3.63, 3.8) is 0 Å². The fraction of sp³-hybridized carbons (Fsp3) is 0.462. The fourth-order valence-electron chi connectivity index (χ4n) is 2.31. The number of carbonyl (C=O) groups is 1. The van der Waals surface area contributed by atoms with Crippen LogP contribution in [0.2, 0.25) is 5.02 Å². The van der Waals surface area contributed by atoms with E-state index < -0.39 is 0 Å². The van der Waals surface area contributed by atoms with Gasteiger partial charge in [0.15, 0.2) is 0 Å². The maximum Gasteiger partial charge on any atom is 0.255 e. The number of hydrogen-bond acceptors (Lipinski definition) is 2. The van der Waals surface area contributed by atoms with Crippen LogP contribution >= 0.6 is 11.6 Å². The molecule has 0 radical (unpaired) electrons. The van der Waals surface area contributed by atoms with Crippen LogP contribution in [-0.2, 0) is 0 Å². The molecule has 0 atom stereocenters. The van der Waals surface area contributed by atoms with Crippen LogP contribution in [0.1, 0.15) is 37.0 Å². The third-order valence-corrected chi connectivity index (χ3v) is 3.66. The second kappa shape index (κ2) is 4.22. The Kier molecular flexibility index (Phi) is 3.04. The molecule has 0 unspecified atom stereocenters. The molecule has 1 aliphatic rings. The minimum absolute atomic E-state index is 0.0646. The smallest absolute Gasteiger partial charge is 0.255 e. The lowest BCUT2D eigenvalue weighted by atomic mass is 10.0. The molecule has 1 aromatic carbocycles. The normalized spacial score (nSPS) is 18.4. The van der Waals surface area contributed by atoms with Gasteiger partial charge in [-0.2, -0.15) is 0 Å². The number of phenolic OH excluding ortho intramolecular Hbond substituents is 1. The summed E-state index contributed by atoms with van der Waals surface area (Å²) in [6.45, 7) is 4.85. The molecule has 4 heteroatoms. The molecule has 1 fully saturated rings. The Morgan fingerprint density at radius 1 is 1.47 bits per heavy atom. The van der Waals surface area contributed by atoms with Gasteiger partial charge < -0.3 is 10.0 Å². The number of nitrogens with zero attached hydrogens (tertiary/aromatic N) is 1. The molecule has 0 aliphatic carbocycles. The van der Waals surface area contributed by atoms with E-state index >= 15 is 0 Å². The molecule has 17 heavy (non-hydrogen) atoms. The Morgan fingerprint density at radius 2 is 2.18 bits per heavy atom. The van der Waals surface area contributed by atoms with E-state index in [1.54, 1.807) is 6.07 Å². The van der Waals surface area contributed by atoms with Crippen molar-refractivity contribution in [1.29, 1.82) is 0 Å². The largest absolute Gasteiger partial charge is 0.508 e.